The van der Waals surface area contributed by atoms with Gasteiger partial charge in [-0.05, 0) is 37.0 Å². The molecule has 0 bridgehead atoms. The molecule has 1 heterocycles. The average molecular weight is 335 g/mol. The fourth-order valence-corrected chi connectivity index (χ4v) is 2.90. The van der Waals surface area contributed by atoms with Gasteiger partial charge in [-0.1, -0.05) is 41.1 Å². The number of carbonyl (C=O) groups is 1. The van der Waals surface area contributed by atoms with Crippen molar-refractivity contribution in [1.29, 1.82) is 0 Å². The molecule has 1 fully saturated rings. The molecular formula is C15H15ClN4OS. The molecule has 1 saturated carbocycles. The fraction of sp³-hybridized carbons (Fsp3) is 0.267. The van der Waals surface area contributed by atoms with E-state index in [1.165, 1.54) is 36.7 Å². The fourth-order valence-electron chi connectivity index (χ4n) is 1.98. The van der Waals surface area contributed by atoms with Gasteiger partial charge in [0.15, 0.2) is 0 Å². The van der Waals surface area contributed by atoms with Crippen LogP contribution in [-0.4, -0.2) is 22.1 Å². The van der Waals surface area contributed by atoms with Crippen LogP contribution in [0.2, 0.25) is 5.02 Å². The third-order valence-electron chi connectivity index (χ3n) is 3.41. The first-order chi connectivity index (χ1) is 10.7. The molecule has 0 saturated heterocycles. The van der Waals surface area contributed by atoms with E-state index in [4.69, 9.17) is 11.6 Å². The van der Waals surface area contributed by atoms with Crippen molar-refractivity contribution in [2.45, 2.75) is 25.3 Å². The predicted octanol–water partition coefficient (Wildman–Crippen LogP) is 3.81. The van der Waals surface area contributed by atoms with Gasteiger partial charge in [0.2, 0.25) is 16.2 Å². The number of aromatic nitrogens is 2. The molecule has 5 nitrogen and oxygen atoms in total. The van der Waals surface area contributed by atoms with E-state index >= 15 is 0 Å². The molecule has 1 amide bonds. The Hall–Kier alpha value is -1.92. The van der Waals surface area contributed by atoms with Gasteiger partial charge in [0, 0.05) is 17.1 Å². The summed E-state index contributed by atoms with van der Waals surface area (Å²) in [5, 5.41) is 15.8. The van der Waals surface area contributed by atoms with Crippen molar-refractivity contribution in [3.05, 3.63) is 40.9 Å². The third-order valence-corrected chi connectivity index (χ3v) is 4.52. The van der Waals surface area contributed by atoms with Gasteiger partial charge in [-0.25, -0.2) is 0 Å². The number of nitrogens with one attached hydrogen (secondary N) is 2. The lowest BCUT2D eigenvalue weighted by molar-refractivity contribution is -0.111. The number of nitrogens with zero attached hydrogens (tertiary/aromatic N) is 2. The summed E-state index contributed by atoms with van der Waals surface area (Å²) >= 11 is 7.37. The normalized spacial score (nSPS) is 14.8. The summed E-state index contributed by atoms with van der Waals surface area (Å²) in [6.07, 6.45) is 6.70. The number of carbonyl (C=O) groups excluding carboxylic acids is 1. The predicted molar refractivity (Wildman–Crippen MR) is 90.3 cm³/mol. The molecule has 114 valence electrons. The molecule has 1 aliphatic carbocycles. The maximum absolute atomic E-state index is 11.9. The second-order valence-electron chi connectivity index (χ2n) is 5.03. The average Bonchev–Trinajstić information content (AvgIpc) is 2.89. The van der Waals surface area contributed by atoms with Crippen LogP contribution in [0, 0.1) is 0 Å². The van der Waals surface area contributed by atoms with E-state index in [-0.39, 0.29) is 5.91 Å². The van der Waals surface area contributed by atoms with Gasteiger partial charge in [-0.3, -0.25) is 10.1 Å². The molecule has 0 radical (unpaired) electrons. The maximum atomic E-state index is 11.9. The first kappa shape index (κ1) is 15.0. The Bertz CT molecular complexity index is 696. The molecular weight excluding hydrogens is 320 g/mol. The first-order valence-corrected chi connectivity index (χ1v) is 8.24. The Kier molecular flexibility index (Phi) is 4.70. The van der Waals surface area contributed by atoms with E-state index in [1.54, 1.807) is 12.1 Å². The smallest absolute Gasteiger partial charge is 0.250 e. The standard InChI is InChI=1S/C15H15ClN4OS/c16-12-7-2-1-4-10(12)8-9-13(21)18-15-20-19-14(22-15)17-11-5-3-6-11/h1-2,4,7-9,11H,3,5-6H2,(H,17,19)(H,18,20,21). The Morgan fingerprint density at radius 3 is 2.77 bits per heavy atom. The summed E-state index contributed by atoms with van der Waals surface area (Å²) in [6.45, 7) is 0. The minimum atomic E-state index is -0.258. The lowest BCUT2D eigenvalue weighted by atomic mass is 9.93. The minimum Gasteiger partial charge on any atom is -0.357 e. The molecule has 1 aromatic heterocycles. The molecule has 1 aliphatic rings. The summed E-state index contributed by atoms with van der Waals surface area (Å²) in [5.74, 6) is -0.258. The number of benzene rings is 1. The molecule has 0 unspecified atom stereocenters. The first-order valence-electron chi connectivity index (χ1n) is 7.04. The van der Waals surface area contributed by atoms with Crippen LogP contribution in [0.4, 0.5) is 10.3 Å². The van der Waals surface area contributed by atoms with Crippen LogP contribution < -0.4 is 10.6 Å². The summed E-state index contributed by atoms with van der Waals surface area (Å²) in [5.41, 5.74) is 0.795. The Labute approximate surface area is 137 Å². The Balaban J connectivity index is 1.56. The Morgan fingerprint density at radius 1 is 1.27 bits per heavy atom. The van der Waals surface area contributed by atoms with E-state index in [9.17, 15) is 4.79 Å². The largest absolute Gasteiger partial charge is 0.357 e. The second-order valence-corrected chi connectivity index (χ2v) is 6.41. The van der Waals surface area contributed by atoms with E-state index in [2.05, 4.69) is 20.8 Å². The van der Waals surface area contributed by atoms with Gasteiger partial charge in [0.1, 0.15) is 0 Å². The molecule has 0 aliphatic heterocycles. The topological polar surface area (TPSA) is 66.9 Å². The van der Waals surface area contributed by atoms with E-state index < -0.39 is 0 Å². The molecule has 2 aromatic rings. The van der Waals surface area contributed by atoms with Crippen molar-refractivity contribution in [3.63, 3.8) is 0 Å². The van der Waals surface area contributed by atoms with Crippen LogP contribution in [0.25, 0.3) is 6.08 Å². The van der Waals surface area contributed by atoms with Gasteiger partial charge < -0.3 is 5.32 Å². The van der Waals surface area contributed by atoms with Crippen LogP contribution in [-0.2, 0) is 4.79 Å². The zero-order chi connectivity index (χ0) is 15.4. The van der Waals surface area contributed by atoms with Gasteiger partial charge in [0.05, 0.1) is 0 Å². The highest BCUT2D eigenvalue weighted by molar-refractivity contribution is 7.19. The number of halogens is 1. The van der Waals surface area contributed by atoms with Crippen molar-refractivity contribution in [1.82, 2.24) is 10.2 Å². The molecule has 3 rings (SSSR count). The molecule has 0 spiro atoms. The lowest BCUT2D eigenvalue weighted by Gasteiger charge is -2.25. The lowest BCUT2D eigenvalue weighted by Crippen LogP contribution is -2.26. The number of amides is 1. The zero-order valence-electron chi connectivity index (χ0n) is 11.8. The monoisotopic (exact) mass is 334 g/mol. The highest BCUT2D eigenvalue weighted by Crippen LogP contribution is 2.26. The van der Waals surface area contributed by atoms with Gasteiger partial charge >= 0.3 is 0 Å². The summed E-state index contributed by atoms with van der Waals surface area (Å²) in [6, 6.07) is 7.83. The third kappa shape index (κ3) is 3.84. The van der Waals surface area contributed by atoms with E-state index in [0.717, 1.165) is 10.7 Å². The highest BCUT2D eigenvalue weighted by Gasteiger charge is 2.18. The highest BCUT2D eigenvalue weighted by atomic mass is 35.5. The SMILES string of the molecule is O=C(C=Cc1ccccc1Cl)Nc1nnc(NC2CCC2)s1. The summed E-state index contributed by atoms with van der Waals surface area (Å²) < 4.78 is 0. The van der Waals surface area contributed by atoms with Crippen LogP contribution in [0.1, 0.15) is 24.8 Å². The van der Waals surface area contributed by atoms with Crippen LogP contribution in [0.3, 0.4) is 0 Å². The van der Waals surface area contributed by atoms with Crippen molar-refractivity contribution >= 4 is 45.2 Å². The van der Waals surface area contributed by atoms with Crippen molar-refractivity contribution < 1.29 is 4.79 Å². The van der Waals surface area contributed by atoms with Gasteiger partial charge in [-0.15, -0.1) is 10.2 Å². The van der Waals surface area contributed by atoms with Gasteiger partial charge in [-0.2, -0.15) is 0 Å². The quantitative estimate of drug-likeness (QED) is 0.816. The summed E-state index contributed by atoms with van der Waals surface area (Å²) in [4.78, 5) is 11.9. The van der Waals surface area contributed by atoms with E-state index in [1.807, 2.05) is 18.2 Å². The van der Waals surface area contributed by atoms with Crippen molar-refractivity contribution in [2.24, 2.45) is 0 Å². The molecule has 22 heavy (non-hydrogen) atoms. The maximum Gasteiger partial charge on any atom is 0.250 e. The Morgan fingerprint density at radius 2 is 2.05 bits per heavy atom. The summed E-state index contributed by atoms with van der Waals surface area (Å²) in [7, 11) is 0. The minimum absolute atomic E-state index is 0.258. The van der Waals surface area contributed by atoms with Gasteiger partial charge in [0.25, 0.3) is 0 Å². The van der Waals surface area contributed by atoms with Crippen molar-refractivity contribution in [2.75, 3.05) is 10.6 Å². The number of anilines is 2. The zero-order valence-corrected chi connectivity index (χ0v) is 13.3. The molecule has 7 heteroatoms. The van der Waals surface area contributed by atoms with Crippen molar-refractivity contribution in [3.8, 4) is 0 Å². The van der Waals surface area contributed by atoms with Crippen LogP contribution >= 0.6 is 22.9 Å². The van der Waals surface area contributed by atoms with E-state index in [0.29, 0.717) is 16.2 Å². The molecule has 0 atom stereocenters. The number of hydrogen-bond donors (Lipinski definition) is 2. The molecule has 1 aromatic carbocycles. The number of hydrogen-bond acceptors (Lipinski definition) is 5. The second kappa shape index (κ2) is 6.89. The van der Waals surface area contributed by atoms with Crippen LogP contribution in [0.15, 0.2) is 30.3 Å². The van der Waals surface area contributed by atoms with Crippen LogP contribution in [0.5, 0.6) is 0 Å². The molecule has 2 N–H and O–H groups in total. The number of rotatable bonds is 5.